The first-order chi connectivity index (χ1) is 4.70. The first-order valence-corrected chi connectivity index (χ1v) is 5.40. The lowest BCUT2D eigenvalue weighted by atomic mass is 9.96. The third-order valence-corrected chi connectivity index (χ3v) is 3.50. The van der Waals surface area contributed by atoms with Crippen LogP contribution in [0.5, 0.6) is 0 Å². The summed E-state index contributed by atoms with van der Waals surface area (Å²) in [6.45, 7) is 0. The Kier molecular flexibility index (Phi) is 2.86. The summed E-state index contributed by atoms with van der Waals surface area (Å²) in [7, 11) is -0.653. The van der Waals surface area contributed by atoms with Gasteiger partial charge in [0.1, 0.15) is 0 Å². The molecule has 0 heterocycles. The maximum absolute atomic E-state index is 11.0. The second-order valence-corrected chi connectivity index (χ2v) is 4.71. The maximum atomic E-state index is 11.0. The molecule has 0 aromatic heterocycles. The van der Waals surface area contributed by atoms with Gasteiger partial charge in [-0.15, -0.1) is 0 Å². The van der Waals surface area contributed by atoms with Gasteiger partial charge in [-0.25, -0.2) is 0 Å². The lowest BCUT2D eigenvalue weighted by Crippen LogP contribution is -2.32. The van der Waals surface area contributed by atoms with Crippen LogP contribution in [0.15, 0.2) is 0 Å². The van der Waals surface area contributed by atoms with Gasteiger partial charge in [-0.3, -0.25) is 4.21 Å². The zero-order valence-corrected chi connectivity index (χ0v) is 7.19. The summed E-state index contributed by atoms with van der Waals surface area (Å²) in [5, 5.41) is 0.378. The highest BCUT2D eigenvalue weighted by atomic mass is 32.2. The van der Waals surface area contributed by atoms with E-state index in [0.717, 1.165) is 25.7 Å². The molecule has 1 fully saturated rings. The molecule has 0 aromatic rings. The molecule has 0 saturated heterocycles. The Bertz CT molecular complexity index is 138. The molecule has 0 aliphatic heterocycles. The van der Waals surface area contributed by atoms with Crippen molar-refractivity contribution in [2.75, 3.05) is 6.26 Å². The van der Waals surface area contributed by atoms with Crippen molar-refractivity contribution in [3.63, 3.8) is 0 Å². The first kappa shape index (κ1) is 8.21. The van der Waals surface area contributed by atoms with Crippen LogP contribution in [-0.2, 0) is 10.8 Å². The molecular weight excluding hydrogens is 146 g/mol. The minimum Gasteiger partial charge on any atom is -0.328 e. The second kappa shape index (κ2) is 3.49. The van der Waals surface area contributed by atoms with Crippen molar-refractivity contribution in [1.82, 2.24) is 0 Å². The highest BCUT2D eigenvalue weighted by molar-refractivity contribution is 7.84. The second-order valence-electron chi connectivity index (χ2n) is 3.05. The average molecular weight is 161 g/mol. The zero-order chi connectivity index (χ0) is 7.56. The molecule has 3 atom stereocenters. The molecule has 3 heteroatoms. The Balaban J connectivity index is 2.39. The smallest absolute Gasteiger partial charge is 0.0359 e. The SMILES string of the molecule is CS(=O)C1CCCC(N)C1. The summed E-state index contributed by atoms with van der Waals surface area (Å²) >= 11 is 0. The van der Waals surface area contributed by atoms with Crippen LogP contribution in [0.25, 0.3) is 0 Å². The molecule has 0 radical (unpaired) electrons. The molecule has 3 unspecified atom stereocenters. The van der Waals surface area contributed by atoms with E-state index >= 15 is 0 Å². The molecular formula is C7H15NOS. The Morgan fingerprint density at radius 3 is 2.60 bits per heavy atom. The van der Waals surface area contributed by atoms with Crippen molar-refractivity contribution in [1.29, 1.82) is 0 Å². The third kappa shape index (κ3) is 2.06. The van der Waals surface area contributed by atoms with Crippen molar-refractivity contribution in [3.05, 3.63) is 0 Å². The van der Waals surface area contributed by atoms with Crippen LogP contribution in [0, 0.1) is 0 Å². The minimum absolute atomic E-state index is 0.308. The quantitative estimate of drug-likeness (QED) is 0.613. The third-order valence-electron chi connectivity index (χ3n) is 2.14. The standard InChI is InChI=1S/C7H15NOS/c1-10(9)7-4-2-3-6(8)5-7/h6-7H,2-5,8H2,1H3. The molecule has 1 aliphatic rings. The van der Waals surface area contributed by atoms with E-state index in [2.05, 4.69) is 0 Å². The molecule has 10 heavy (non-hydrogen) atoms. The lowest BCUT2D eigenvalue weighted by Gasteiger charge is -2.24. The van der Waals surface area contributed by atoms with E-state index in [4.69, 9.17) is 5.73 Å². The summed E-state index contributed by atoms with van der Waals surface area (Å²) in [5.41, 5.74) is 5.73. The molecule has 0 aromatic carbocycles. The molecule has 2 N–H and O–H groups in total. The molecule has 1 aliphatic carbocycles. The predicted octanol–water partition coefficient (Wildman–Crippen LogP) is 0.635. The highest BCUT2D eigenvalue weighted by Crippen LogP contribution is 2.20. The van der Waals surface area contributed by atoms with Crippen LogP contribution in [-0.4, -0.2) is 21.8 Å². The fourth-order valence-corrected chi connectivity index (χ4v) is 2.50. The van der Waals surface area contributed by atoms with E-state index in [9.17, 15) is 4.21 Å². The van der Waals surface area contributed by atoms with Crippen molar-refractivity contribution in [2.45, 2.75) is 37.0 Å². The van der Waals surface area contributed by atoms with E-state index in [1.807, 2.05) is 0 Å². The van der Waals surface area contributed by atoms with E-state index < -0.39 is 10.8 Å². The van der Waals surface area contributed by atoms with Crippen LogP contribution in [0.2, 0.25) is 0 Å². The molecule has 0 bridgehead atoms. The van der Waals surface area contributed by atoms with Gasteiger partial charge in [-0.1, -0.05) is 6.42 Å². The molecule has 0 spiro atoms. The fraction of sp³-hybridized carbons (Fsp3) is 1.00. The van der Waals surface area contributed by atoms with Crippen molar-refractivity contribution in [2.24, 2.45) is 5.73 Å². The topological polar surface area (TPSA) is 43.1 Å². The van der Waals surface area contributed by atoms with Gasteiger partial charge in [-0.2, -0.15) is 0 Å². The van der Waals surface area contributed by atoms with Gasteiger partial charge in [0.05, 0.1) is 0 Å². The maximum Gasteiger partial charge on any atom is 0.0359 e. The molecule has 1 rings (SSSR count). The summed E-state index contributed by atoms with van der Waals surface area (Å²) in [6.07, 6.45) is 6.13. The molecule has 60 valence electrons. The summed E-state index contributed by atoms with van der Waals surface area (Å²) in [4.78, 5) is 0. The summed E-state index contributed by atoms with van der Waals surface area (Å²) in [5.74, 6) is 0. The van der Waals surface area contributed by atoms with Gasteiger partial charge in [0.2, 0.25) is 0 Å². The lowest BCUT2D eigenvalue weighted by molar-refractivity contribution is 0.445. The normalized spacial score (nSPS) is 37.4. The fourth-order valence-electron chi connectivity index (χ4n) is 1.48. The van der Waals surface area contributed by atoms with Gasteiger partial charge >= 0.3 is 0 Å². The van der Waals surface area contributed by atoms with E-state index in [1.165, 1.54) is 0 Å². The zero-order valence-electron chi connectivity index (χ0n) is 6.38. The number of hydrogen-bond donors (Lipinski definition) is 1. The Labute approximate surface area is 64.6 Å². The number of rotatable bonds is 1. The van der Waals surface area contributed by atoms with Crippen molar-refractivity contribution < 1.29 is 4.21 Å². The first-order valence-electron chi connectivity index (χ1n) is 3.78. The van der Waals surface area contributed by atoms with Crippen molar-refractivity contribution in [3.8, 4) is 0 Å². The highest BCUT2D eigenvalue weighted by Gasteiger charge is 2.21. The summed E-state index contributed by atoms with van der Waals surface area (Å²) < 4.78 is 11.0. The summed E-state index contributed by atoms with van der Waals surface area (Å²) in [6, 6.07) is 0.308. The monoisotopic (exact) mass is 161 g/mol. The van der Waals surface area contributed by atoms with E-state index in [-0.39, 0.29) is 0 Å². The molecule has 2 nitrogen and oxygen atoms in total. The Morgan fingerprint density at radius 1 is 1.50 bits per heavy atom. The Morgan fingerprint density at radius 2 is 2.20 bits per heavy atom. The molecule has 0 amide bonds. The van der Waals surface area contributed by atoms with Gasteiger partial charge in [0.15, 0.2) is 0 Å². The molecule has 1 saturated carbocycles. The predicted molar refractivity (Wildman–Crippen MR) is 44.3 cm³/mol. The Hall–Kier alpha value is 0.110. The van der Waals surface area contributed by atoms with E-state index in [1.54, 1.807) is 6.26 Å². The van der Waals surface area contributed by atoms with Crippen LogP contribution >= 0.6 is 0 Å². The largest absolute Gasteiger partial charge is 0.328 e. The van der Waals surface area contributed by atoms with Crippen LogP contribution in [0.3, 0.4) is 0 Å². The van der Waals surface area contributed by atoms with Crippen LogP contribution in [0.4, 0.5) is 0 Å². The van der Waals surface area contributed by atoms with Crippen molar-refractivity contribution >= 4 is 10.8 Å². The number of hydrogen-bond acceptors (Lipinski definition) is 2. The van der Waals surface area contributed by atoms with Crippen LogP contribution in [0.1, 0.15) is 25.7 Å². The average Bonchev–Trinajstić information content (AvgIpc) is 1.88. The van der Waals surface area contributed by atoms with E-state index in [0.29, 0.717) is 11.3 Å². The van der Waals surface area contributed by atoms with Gasteiger partial charge in [0, 0.05) is 28.3 Å². The van der Waals surface area contributed by atoms with Gasteiger partial charge in [0.25, 0.3) is 0 Å². The van der Waals surface area contributed by atoms with Gasteiger partial charge < -0.3 is 5.73 Å². The van der Waals surface area contributed by atoms with Gasteiger partial charge in [-0.05, 0) is 19.3 Å². The number of nitrogens with two attached hydrogens (primary N) is 1. The minimum atomic E-state index is -0.653. The van der Waals surface area contributed by atoms with Crippen LogP contribution < -0.4 is 5.73 Å².